The summed E-state index contributed by atoms with van der Waals surface area (Å²) >= 11 is 0. The molecule has 10 heteroatoms. The van der Waals surface area contributed by atoms with Crippen LogP contribution in [0.1, 0.15) is 37.7 Å². The van der Waals surface area contributed by atoms with E-state index >= 15 is 0 Å². The minimum atomic E-state index is -5.08. The second kappa shape index (κ2) is 9.95. The number of carbonyl (C=O) groups is 2. The fourth-order valence-electron chi connectivity index (χ4n) is 3.93. The molecule has 2 heterocycles. The number of ether oxygens (including phenoxy) is 1. The Balaban J connectivity index is 0.000000339. The summed E-state index contributed by atoms with van der Waals surface area (Å²) in [7, 11) is 0. The lowest BCUT2D eigenvalue weighted by Crippen LogP contribution is -2.48. The predicted octanol–water partition coefficient (Wildman–Crippen LogP) is 3.11. The first kappa shape index (κ1) is 23.5. The summed E-state index contributed by atoms with van der Waals surface area (Å²) in [5, 5.41) is 10.2. The van der Waals surface area contributed by atoms with Gasteiger partial charge in [0.1, 0.15) is 11.9 Å². The second-order valence-corrected chi connectivity index (χ2v) is 8.15. The molecule has 31 heavy (non-hydrogen) atoms. The second-order valence-electron chi connectivity index (χ2n) is 8.15. The summed E-state index contributed by atoms with van der Waals surface area (Å²) < 4.78 is 51.7. The molecule has 2 saturated heterocycles. The zero-order chi connectivity index (χ0) is 22.6. The number of carbonyl (C=O) groups excluding carboxylic acids is 1. The van der Waals surface area contributed by atoms with Crippen LogP contribution >= 0.6 is 0 Å². The molecule has 3 fully saturated rings. The van der Waals surface area contributed by atoms with Gasteiger partial charge in [-0.15, -0.1) is 0 Å². The number of fused-ring (bicyclic) bond motifs is 1. The molecule has 1 aliphatic carbocycles. The van der Waals surface area contributed by atoms with E-state index in [2.05, 4.69) is 10.2 Å². The van der Waals surface area contributed by atoms with Crippen LogP contribution in [0.25, 0.3) is 0 Å². The molecule has 4 rings (SSSR count). The van der Waals surface area contributed by atoms with Gasteiger partial charge in [0.25, 0.3) is 0 Å². The molecule has 172 valence electrons. The monoisotopic (exact) mass is 446 g/mol. The highest BCUT2D eigenvalue weighted by atomic mass is 19.4. The van der Waals surface area contributed by atoms with Crippen LogP contribution in [0, 0.1) is 11.7 Å². The highest BCUT2D eigenvalue weighted by Crippen LogP contribution is 2.33. The Morgan fingerprint density at radius 2 is 1.81 bits per heavy atom. The van der Waals surface area contributed by atoms with Crippen molar-refractivity contribution in [3.8, 4) is 0 Å². The van der Waals surface area contributed by atoms with Crippen LogP contribution in [0.4, 0.5) is 17.6 Å². The van der Waals surface area contributed by atoms with Crippen molar-refractivity contribution >= 4 is 11.9 Å². The van der Waals surface area contributed by atoms with Gasteiger partial charge in [0, 0.05) is 31.2 Å². The van der Waals surface area contributed by atoms with Crippen LogP contribution in [0.2, 0.25) is 0 Å². The topological polar surface area (TPSA) is 78.9 Å². The molecule has 0 aromatic heterocycles. The molecule has 0 bridgehead atoms. The van der Waals surface area contributed by atoms with Gasteiger partial charge in [-0.3, -0.25) is 9.69 Å². The Labute approximate surface area is 177 Å². The van der Waals surface area contributed by atoms with E-state index in [0.29, 0.717) is 18.5 Å². The van der Waals surface area contributed by atoms with Crippen molar-refractivity contribution in [2.24, 2.45) is 5.92 Å². The molecule has 3 atom stereocenters. The van der Waals surface area contributed by atoms with E-state index in [1.54, 1.807) is 6.07 Å². The summed E-state index contributed by atoms with van der Waals surface area (Å²) in [5.41, 5.74) is 0.738. The Kier molecular flexibility index (Phi) is 7.53. The van der Waals surface area contributed by atoms with Gasteiger partial charge >= 0.3 is 12.1 Å². The van der Waals surface area contributed by atoms with E-state index in [0.717, 1.165) is 37.9 Å². The highest BCUT2D eigenvalue weighted by molar-refractivity contribution is 5.80. The minimum Gasteiger partial charge on any atom is -0.475 e. The van der Waals surface area contributed by atoms with Gasteiger partial charge in [-0.05, 0) is 44.1 Å². The summed E-state index contributed by atoms with van der Waals surface area (Å²) in [6, 6.07) is 7.27. The molecule has 1 aromatic carbocycles. The highest BCUT2D eigenvalue weighted by Gasteiger charge is 2.42. The van der Waals surface area contributed by atoms with Crippen LogP contribution in [0.3, 0.4) is 0 Å². The molecule has 1 saturated carbocycles. The van der Waals surface area contributed by atoms with Gasteiger partial charge in [0.15, 0.2) is 0 Å². The normalized spacial score (nSPS) is 25.9. The number of carboxylic acids is 1. The molecule has 1 amide bonds. The molecular weight excluding hydrogens is 420 g/mol. The van der Waals surface area contributed by atoms with Crippen molar-refractivity contribution in [1.82, 2.24) is 10.2 Å². The first-order valence-electron chi connectivity index (χ1n) is 10.4. The Hall–Kier alpha value is -2.20. The van der Waals surface area contributed by atoms with Gasteiger partial charge in [-0.25, -0.2) is 9.18 Å². The van der Waals surface area contributed by atoms with Crippen LogP contribution in [-0.2, 0) is 20.9 Å². The van der Waals surface area contributed by atoms with Crippen molar-refractivity contribution in [3.63, 3.8) is 0 Å². The van der Waals surface area contributed by atoms with E-state index in [9.17, 15) is 22.4 Å². The van der Waals surface area contributed by atoms with E-state index in [1.165, 1.54) is 18.9 Å². The standard InChI is InChI=1S/C19H25FN2O2.C2HF3O2/c20-15-4-2-1-3-14(15)12-22-10-9-17-16(22)7-8-18(24-17)19(23)21-11-13-5-6-13;3-2(4,5)1(6)7/h1-4,13,16-18H,5-12H2,(H,21,23);(H,6,7)/t16-,17-,18+;/m1./s1. The summed E-state index contributed by atoms with van der Waals surface area (Å²) in [6.07, 6.45) is -0.193. The fraction of sp³-hybridized carbons (Fsp3) is 0.619. The van der Waals surface area contributed by atoms with Crippen molar-refractivity contribution in [1.29, 1.82) is 0 Å². The summed E-state index contributed by atoms with van der Waals surface area (Å²) in [4.78, 5) is 23.4. The Morgan fingerprint density at radius 3 is 2.42 bits per heavy atom. The lowest BCUT2D eigenvalue weighted by atomic mass is 9.98. The number of halogens is 4. The zero-order valence-corrected chi connectivity index (χ0v) is 16.9. The lowest BCUT2D eigenvalue weighted by Gasteiger charge is -2.35. The largest absolute Gasteiger partial charge is 0.490 e. The van der Waals surface area contributed by atoms with Crippen LogP contribution in [-0.4, -0.2) is 59.4 Å². The van der Waals surface area contributed by atoms with Crippen molar-refractivity contribution in [2.45, 2.75) is 63.1 Å². The third-order valence-corrected chi connectivity index (χ3v) is 5.79. The fourth-order valence-corrected chi connectivity index (χ4v) is 3.93. The van der Waals surface area contributed by atoms with Crippen LogP contribution < -0.4 is 5.32 Å². The number of aliphatic carboxylic acids is 1. The van der Waals surface area contributed by atoms with Crippen molar-refractivity contribution < 1.29 is 37.0 Å². The maximum atomic E-state index is 13.9. The smallest absolute Gasteiger partial charge is 0.475 e. The van der Waals surface area contributed by atoms with Crippen molar-refractivity contribution in [3.05, 3.63) is 35.6 Å². The number of rotatable bonds is 5. The first-order chi connectivity index (χ1) is 14.6. The molecular formula is C21H26F4N2O4. The molecule has 1 aromatic rings. The SMILES string of the molecule is O=C(NCC1CC1)[C@@H]1CC[C@@H]2[C@@H](CCN2Cc2ccccc2F)O1.O=C(O)C(F)(F)F. The first-order valence-corrected chi connectivity index (χ1v) is 10.4. The van der Waals surface area contributed by atoms with Gasteiger partial charge < -0.3 is 15.2 Å². The molecule has 3 aliphatic rings. The van der Waals surface area contributed by atoms with E-state index in [-0.39, 0.29) is 23.9 Å². The number of likely N-dealkylation sites (tertiary alicyclic amines) is 1. The Bertz CT molecular complexity index is 785. The van der Waals surface area contributed by atoms with E-state index in [1.807, 2.05) is 12.1 Å². The molecule has 2 N–H and O–H groups in total. The molecule has 0 radical (unpaired) electrons. The van der Waals surface area contributed by atoms with Gasteiger partial charge in [0.05, 0.1) is 6.10 Å². The van der Waals surface area contributed by atoms with Gasteiger partial charge in [0.2, 0.25) is 5.91 Å². The number of alkyl halides is 3. The lowest BCUT2D eigenvalue weighted by molar-refractivity contribution is -0.192. The van der Waals surface area contributed by atoms with Gasteiger partial charge in [-0.2, -0.15) is 13.2 Å². The average Bonchev–Trinajstić information content (AvgIpc) is 3.47. The quantitative estimate of drug-likeness (QED) is 0.680. The third kappa shape index (κ3) is 6.64. The number of hydrogen-bond donors (Lipinski definition) is 2. The molecule has 6 nitrogen and oxygen atoms in total. The Morgan fingerprint density at radius 1 is 1.13 bits per heavy atom. The number of nitrogens with zero attached hydrogens (tertiary/aromatic N) is 1. The third-order valence-electron chi connectivity index (χ3n) is 5.79. The number of amides is 1. The molecule has 2 aliphatic heterocycles. The molecule has 0 unspecified atom stereocenters. The number of hydrogen-bond acceptors (Lipinski definition) is 4. The maximum Gasteiger partial charge on any atom is 0.490 e. The van der Waals surface area contributed by atoms with Crippen LogP contribution in [0.15, 0.2) is 24.3 Å². The number of nitrogens with one attached hydrogen (secondary N) is 1. The average molecular weight is 446 g/mol. The summed E-state index contributed by atoms with van der Waals surface area (Å²) in [5.74, 6) is -2.16. The van der Waals surface area contributed by atoms with E-state index in [4.69, 9.17) is 14.6 Å². The zero-order valence-electron chi connectivity index (χ0n) is 16.9. The van der Waals surface area contributed by atoms with Gasteiger partial charge in [-0.1, -0.05) is 18.2 Å². The van der Waals surface area contributed by atoms with Crippen LogP contribution in [0.5, 0.6) is 0 Å². The molecule has 0 spiro atoms. The number of carboxylic acid groups (broad SMARTS) is 1. The minimum absolute atomic E-state index is 0.0490. The maximum absolute atomic E-state index is 13.9. The van der Waals surface area contributed by atoms with Crippen molar-refractivity contribution in [2.75, 3.05) is 13.1 Å². The van der Waals surface area contributed by atoms with E-state index < -0.39 is 12.1 Å². The summed E-state index contributed by atoms with van der Waals surface area (Å²) in [6.45, 7) is 2.32. The predicted molar refractivity (Wildman–Crippen MR) is 103 cm³/mol. The number of benzene rings is 1.